The van der Waals surface area contributed by atoms with E-state index in [-0.39, 0.29) is 12.0 Å². The monoisotopic (exact) mass is 510 g/mol. The fraction of sp³-hybridized carbons (Fsp3) is 0.250. The molecule has 5 nitrogen and oxygen atoms in total. The topological polar surface area (TPSA) is 57.9 Å². The summed E-state index contributed by atoms with van der Waals surface area (Å²) < 4.78 is 23.5. The Morgan fingerprint density at radius 1 is 0.943 bits per heavy atom. The van der Waals surface area contributed by atoms with Crippen LogP contribution in [0.5, 0.6) is 17.2 Å². The summed E-state index contributed by atoms with van der Waals surface area (Å²) in [7, 11) is 0. The number of ether oxygens (including phenoxy) is 3. The van der Waals surface area contributed by atoms with E-state index in [2.05, 4.69) is 6.92 Å². The molecule has 0 spiro atoms. The Balaban J connectivity index is 1.51. The molecule has 2 heterocycles. The van der Waals surface area contributed by atoms with E-state index < -0.39 is 0 Å². The van der Waals surface area contributed by atoms with Crippen LogP contribution < -0.4 is 19.6 Å². The first-order chi connectivity index (χ1) is 17.0. The average molecular weight is 511 g/mol. The molecule has 0 fully saturated rings. The lowest BCUT2D eigenvalue weighted by Crippen LogP contribution is -2.07. The molecule has 5 rings (SSSR count). The Morgan fingerprint density at radius 3 is 2.57 bits per heavy atom. The molecule has 0 N–H and O–H groups in total. The van der Waals surface area contributed by atoms with Crippen LogP contribution in [0, 0.1) is 0 Å². The Bertz CT molecular complexity index is 1440. The van der Waals surface area contributed by atoms with E-state index in [0.717, 1.165) is 36.0 Å². The average Bonchev–Trinajstić information content (AvgIpc) is 3.09. The molecule has 0 radical (unpaired) electrons. The zero-order valence-corrected chi connectivity index (χ0v) is 20.7. The summed E-state index contributed by atoms with van der Waals surface area (Å²) in [4.78, 5) is 13.5. The Labute approximate surface area is 213 Å². The van der Waals surface area contributed by atoms with E-state index in [4.69, 9.17) is 41.8 Å². The number of halogens is 2. The minimum absolute atomic E-state index is 0.106. The van der Waals surface area contributed by atoms with Crippen LogP contribution >= 0.6 is 23.2 Å². The fourth-order valence-electron chi connectivity index (χ4n) is 4.13. The van der Waals surface area contributed by atoms with Gasteiger partial charge in [-0.1, -0.05) is 48.7 Å². The van der Waals surface area contributed by atoms with Crippen LogP contribution in [0.4, 0.5) is 0 Å². The van der Waals surface area contributed by atoms with Gasteiger partial charge >= 0.3 is 0 Å². The highest BCUT2D eigenvalue weighted by molar-refractivity contribution is 6.35. The molecule has 0 saturated carbocycles. The van der Waals surface area contributed by atoms with Gasteiger partial charge in [-0.15, -0.1) is 0 Å². The van der Waals surface area contributed by atoms with Crippen molar-refractivity contribution < 1.29 is 18.6 Å². The zero-order valence-electron chi connectivity index (χ0n) is 19.2. The molecule has 1 aliphatic heterocycles. The first-order valence-corrected chi connectivity index (χ1v) is 12.3. The maximum atomic E-state index is 13.5. The molecule has 1 aromatic heterocycles. The smallest absolute Gasteiger partial charge is 0.200 e. The number of hydrogen-bond acceptors (Lipinski definition) is 5. The summed E-state index contributed by atoms with van der Waals surface area (Å²) in [6, 6.07) is 14.5. The van der Waals surface area contributed by atoms with Gasteiger partial charge in [0, 0.05) is 28.1 Å². The van der Waals surface area contributed by atoms with Gasteiger partial charge < -0.3 is 18.6 Å². The fourth-order valence-corrected chi connectivity index (χ4v) is 4.59. The SMILES string of the molecule is CCCc1cc2c(=O)c(-c3ccc4c(c3)OCCCO4)coc2cc1OCc1ccc(Cl)cc1Cl. The third-order valence-electron chi connectivity index (χ3n) is 5.93. The van der Waals surface area contributed by atoms with Crippen molar-refractivity contribution in [1.82, 2.24) is 0 Å². The van der Waals surface area contributed by atoms with Crippen LogP contribution in [0.25, 0.3) is 22.1 Å². The molecule has 0 saturated heterocycles. The number of rotatable bonds is 6. The lowest BCUT2D eigenvalue weighted by Gasteiger charge is -2.14. The van der Waals surface area contributed by atoms with Crippen molar-refractivity contribution in [3.05, 3.63) is 86.2 Å². The Kier molecular flexibility index (Phi) is 6.89. The lowest BCUT2D eigenvalue weighted by molar-refractivity contribution is 0.297. The van der Waals surface area contributed by atoms with E-state index in [1.807, 2.05) is 30.3 Å². The van der Waals surface area contributed by atoms with E-state index in [9.17, 15) is 4.79 Å². The molecule has 3 aromatic carbocycles. The molecular formula is C28H24Cl2O5. The van der Waals surface area contributed by atoms with E-state index >= 15 is 0 Å². The summed E-state index contributed by atoms with van der Waals surface area (Å²) in [5.74, 6) is 1.98. The highest BCUT2D eigenvalue weighted by Gasteiger charge is 2.17. The molecule has 7 heteroatoms. The van der Waals surface area contributed by atoms with Crippen molar-refractivity contribution in [2.75, 3.05) is 13.2 Å². The van der Waals surface area contributed by atoms with Crippen molar-refractivity contribution in [1.29, 1.82) is 0 Å². The quantitative estimate of drug-likeness (QED) is 0.269. The number of aryl methyl sites for hydroxylation is 1. The molecular weight excluding hydrogens is 487 g/mol. The van der Waals surface area contributed by atoms with Gasteiger partial charge in [0.1, 0.15) is 24.2 Å². The molecule has 35 heavy (non-hydrogen) atoms. The summed E-state index contributed by atoms with van der Waals surface area (Å²) in [6.07, 6.45) is 3.96. The van der Waals surface area contributed by atoms with Crippen LogP contribution in [0.2, 0.25) is 10.0 Å². The maximum absolute atomic E-state index is 13.5. The van der Waals surface area contributed by atoms with Crippen LogP contribution in [0.15, 0.2) is 64.0 Å². The van der Waals surface area contributed by atoms with E-state index in [1.165, 1.54) is 6.26 Å². The van der Waals surface area contributed by atoms with Gasteiger partial charge in [-0.25, -0.2) is 0 Å². The first-order valence-electron chi connectivity index (χ1n) is 11.6. The predicted molar refractivity (Wildman–Crippen MR) is 138 cm³/mol. The number of hydrogen-bond donors (Lipinski definition) is 0. The Morgan fingerprint density at radius 2 is 1.77 bits per heavy atom. The summed E-state index contributed by atoms with van der Waals surface area (Å²) in [5.41, 5.74) is 3.31. The second kappa shape index (κ2) is 10.2. The normalized spacial score (nSPS) is 13.0. The third-order valence-corrected chi connectivity index (χ3v) is 6.52. The maximum Gasteiger partial charge on any atom is 0.200 e. The van der Waals surface area contributed by atoms with Gasteiger partial charge in [-0.2, -0.15) is 0 Å². The molecule has 1 aliphatic rings. The number of fused-ring (bicyclic) bond motifs is 2. The highest BCUT2D eigenvalue weighted by atomic mass is 35.5. The molecule has 0 atom stereocenters. The van der Waals surface area contributed by atoms with Gasteiger partial charge in [-0.3, -0.25) is 4.79 Å². The van der Waals surface area contributed by atoms with E-state index in [1.54, 1.807) is 18.2 Å². The van der Waals surface area contributed by atoms with Gasteiger partial charge in [0.2, 0.25) is 5.43 Å². The van der Waals surface area contributed by atoms with Gasteiger partial charge in [0.15, 0.2) is 11.5 Å². The largest absolute Gasteiger partial charge is 0.490 e. The lowest BCUT2D eigenvalue weighted by atomic mass is 10.0. The zero-order chi connectivity index (χ0) is 24.4. The third kappa shape index (κ3) is 4.97. The van der Waals surface area contributed by atoms with Gasteiger partial charge in [0.25, 0.3) is 0 Å². The van der Waals surface area contributed by atoms with Crippen LogP contribution in [-0.2, 0) is 13.0 Å². The van der Waals surface area contributed by atoms with Gasteiger partial charge in [0.05, 0.1) is 24.2 Å². The minimum Gasteiger partial charge on any atom is -0.490 e. The van der Waals surface area contributed by atoms with Crippen molar-refractivity contribution in [2.45, 2.75) is 32.8 Å². The second-order valence-corrected chi connectivity index (χ2v) is 9.26. The minimum atomic E-state index is -0.106. The number of benzene rings is 3. The Hall–Kier alpha value is -3.15. The molecule has 0 bridgehead atoms. The van der Waals surface area contributed by atoms with Crippen LogP contribution in [0.3, 0.4) is 0 Å². The summed E-state index contributed by atoms with van der Waals surface area (Å²) in [6.45, 7) is 3.55. The van der Waals surface area contributed by atoms with Crippen molar-refractivity contribution in [2.24, 2.45) is 0 Å². The molecule has 4 aromatic rings. The van der Waals surface area contributed by atoms with Crippen LogP contribution in [-0.4, -0.2) is 13.2 Å². The molecule has 180 valence electrons. The van der Waals surface area contributed by atoms with Gasteiger partial charge in [-0.05, 0) is 47.9 Å². The standard InChI is InChI=1S/C28H24Cl2O5/c1-2-4-18-11-21-26(14-25(18)34-15-19-5-7-20(29)13-23(19)30)35-16-22(28(21)31)17-6-8-24-27(12-17)33-10-3-9-32-24/h5-8,11-14,16H,2-4,9-10,15H2,1H3. The molecule has 0 aliphatic carbocycles. The summed E-state index contributed by atoms with van der Waals surface area (Å²) in [5, 5.41) is 1.62. The van der Waals surface area contributed by atoms with Crippen molar-refractivity contribution >= 4 is 34.2 Å². The van der Waals surface area contributed by atoms with E-state index in [0.29, 0.717) is 57.0 Å². The highest BCUT2D eigenvalue weighted by Crippen LogP contribution is 2.35. The van der Waals surface area contributed by atoms with Crippen molar-refractivity contribution in [3.63, 3.8) is 0 Å². The molecule has 0 amide bonds. The second-order valence-electron chi connectivity index (χ2n) is 8.42. The predicted octanol–water partition coefficient (Wildman–Crippen LogP) is 7.46. The summed E-state index contributed by atoms with van der Waals surface area (Å²) >= 11 is 12.3. The molecule has 0 unspecified atom stereocenters. The van der Waals surface area contributed by atoms with Crippen LogP contribution in [0.1, 0.15) is 30.9 Å². The van der Waals surface area contributed by atoms with Crippen molar-refractivity contribution in [3.8, 4) is 28.4 Å². The first kappa shape index (κ1) is 23.6.